The monoisotopic (exact) mass is 566 g/mol. The molecule has 7 nitrogen and oxygen atoms in total. The van der Waals surface area contributed by atoms with E-state index < -0.39 is 11.9 Å². The van der Waals surface area contributed by atoms with Crippen molar-refractivity contribution in [2.45, 2.75) is 46.1 Å². The zero-order chi connectivity index (χ0) is 17.0. The van der Waals surface area contributed by atoms with E-state index in [1.807, 2.05) is 6.07 Å². The molecular formula is C15H25FmN4O3-. The van der Waals surface area contributed by atoms with Crippen LogP contribution in [-0.4, -0.2) is 37.4 Å². The number of nitriles is 1. The molecule has 23 heavy (non-hydrogen) atoms. The Labute approximate surface area is 131 Å². The number of amides is 3. The van der Waals surface area contributed by atoms with Crippen LogP contribution in [0.5, 0.6) is 0 Å². The van der Waals surface area contributed by atoms with E-state index in [9.17, 15) is 14.4 Å². The van der Waals surface area contributed by atoms with Gasteiger partial charge in [0.1, 0.15) is 6.04 Å². The van der Waals surface area contributed by atoms with E-state index in [4.69, 9.17) is 5.26 Å². The molecule has 3 amide bonds. The number of carbonyl (C=O) groups is 2. The first-order valence-electron chi connectivity index (χ1n) is 7.47. The van der Waals surface area contributed by atoms with Crippen molar-refractivity contribution in [1.82, 2.24) is 16.0 Å². The minimum Gasteiger partial charge on any atom is -0.522 e. The van der Waals surface area contributed by atoms with Crippen molar-refractivity contribution in [2.75, 3.05) is 13.1 Å². The number of hydrogen-bond acceptors (Lipinski definition) is 4. The van der Waals surface area contributed by atoms with Crippen molar-refractivity contribution in [3.05, 3.63) is 0 Å². The van der Waals surface area contributed by atoms with E-state index in [1.54, 1.807) is 0 Å². The maximum Gasteiger partial charge on any atom is 0.237 e. The zero-order valence-corrected chi connectivity index (χ0v) is 16.1. The van der Waals surface area contributed by atoms with E-state index >= 15 is 0 Å². The molecule has 136 valence electrons. The predicted octanol–water partition coefficient (Wildman–Crippen LogP) is 0.230. The summed E-state index contributed by atoms with van der Waals surface area (Å²) >= 11 is 0. The van der Waals surface area contributed by atoms with Crippen LogP contribution in [-0.2, 0) is 14.4 Å². The summed E-state index contributed by atoms with van der Waals surface area (Å²) < 4.78 is 0. The Morgan fingerprint density at radius 3 is 2.57 bits per heavy atom. The Hall–Kier alpha value is -3.10. The maximum atomic E-state index is 11.5. The van der Waals surface area contributed by atoms with Gasteiger partial charge in [0, 0.05) is 12.5 Å². The smallest absolute Gasteiger partial charge is 0.237 e. The van der Waals surface area contributed by atoms with Crippen molar-refractivity contribution < 1.29 is 14.4 Å². The van der Waals surface area contributed by atoms with Gasteiger partial charge in [-0.15, -0.1) is 0 Å². The van der Waals surface area contributed by atoms with Gasteiger partial charge >= 0.3 is 0 Å². The summed E-state index contributed by atoms with van der Waals surface area (Å²) in [5.74, 6) is 0.0468. The first kappa shape index (κ1) is 22.2. The third kappa shape index (κ3) is 11.3. The van der Waals surface area contributed by atoms with Crippen molar-refractivity contribution in [3.8, 4) is 6.07 Å². The van der Waals surface area contributed by atoms with Crippen LogP contribution in [0.15, 0.2) is 0 Å². The third-order valence-corrected chi connectivity index (χ3v) is 2.73. The first-order chi connectivity index (χ1) is 10.4. The molecule has 1 aliphatic rings. The summed E-state index contributed by atoms with van der Waals surface area (Å²) in [6.07, 6.45) is 3.26. The molecule has 8 heteroatoms. The molecule has 1 saturated heterocycles. The summed E-state index contributed by atoms with van der Waals surface area (Å²) in [4.78, 5) is 32.7. The Bertz CT molecular complexity index is 407. The van der Waals surface area contributed by atoms with Gasteiger partial charge in [0.05, 0.1) is 12.6 Å². The second-order valence-corrected chi connectivity index (χ2v) is 5.80. The zero-order valence-electron chi connectivity index (χ0n) is 13.7. The van der Waals surface area contributed by atoms with Gasteiger partial charge in [0.25, 0.3) is 0 Å². The van der Waals surface area contributed by atoms with Crippen molar-refractivity contribution >= 4 is 18.2 Å². The molecule has 0 aromatic carbocycles. The van der Waals surface area contributed by atoms with E-state index in [2.05, 4.69) is 36.7 Å². The second kappa shape index (κ2) is 12.6. The fraction of sp³-hybridized carbons (Fsp3) is 0.733. The minimum atomic E-state index is -0.722. The van der Waals surface area contributed by atoms with E-state index in [-0.39, 0.29) is 18.4 Å². The van der Waals surface area contributed by atoms with E-state index in [0.29, 0.717) is 13.0 Å². The number of carbonyl (C=O) groups excluding carboxylic acids is 3. The Morgan fingerprint density at radius 1 is 1.48 bits per heavy atom. The summed E-state index contributed by atoms with van der Waals surface area (Å²) in [6.45, 7) is 6.94. The standard InChI is InChI=1S/C11H15N4O3.C4H10.Fm/c12-5-9(15-10(17)6-13-7-16)4-8-2-1-3-14-11(8)18;1-4(2)3;/h8-9H,1-4,6H2,(H,13,16)(H,14,18)(H,15,17);4H,1-3H3;/q-1;;/t8-,9-;;/m0../s1. The predicted molar refractivity (Wildman–Crippen MR) is 82.1 cm³/mol. The van der Waals surface area contributed by atoms with E-state index in [0.717, 1.165) is 18.8 Å². The van der Waals surface area contributed by atoms with Crippen LogP contribution in [0.3, 0.4) is 0 Å². The van der Waals surface area contributed by atoms with Crippen LogP contribution < -0.4 is 16.0 Å². The molecule has 1 rings (SSSR count). The number of rotatable bonds is 6. The summed E-state index contributed by atoms with van der Waals surface area (Å²) in [7, 11) is 0. The van der Waals surface area contributed by atoms with Gasteiger partial charge in [-0.1, -0.05) is 20.8 Å². The molecule has 1 fully saturated rings. The maximum absolute atomic E-state index is 11.5. The van der Waals surface area contributed by atoms with Gasteiger partial charge in [-0.2, -0.15) is 11.7 Å². The third-order valence-electron chi connectivity index (χ3n) is 2.73. The fourth-order valence-corrected chi connectivity index (χ4v) is 1.85. The Kier molecular flexibility index (Phi) is 12.2. The molecule has 0 radical (unpaired) electrons. The first-order valence-corrected chi connectivity index (χ1v) is 7.47. The number of nitrogens with zero attached hydrogens (tertiary/aromatic N) is 1. The Balaban J connectivity index is 0. The summed E-state index contributed by atoms with van der Waals surface area (Å²) in [6, 6.07) is 1.22. The molecule has 0 aliphatic carbocycles. The molecule has 0 aromatic heterocycles. The van der Waals surface area contributed by atoms with Crippen LogP contribution in [0.2, 0.25) is 0 Å². The van der Waals surface area contributed by atoms with Gasteiger partial charge in [-0.05, 0) is 25.2 Å². The largest absolute Gasteiger partial charge is 0.522 e. The molecule has 2 atom stereocenters. The van der Waals surface area contributed by atoms with Gasteiger partial charge < -0.3 is 20.7 Å². The molecular weight excluding hydrogens is 541 g/mol. The summed E-state index contributed by atoms with van der Waals surface area (Å²) in [5.41, 5.74) is 0. The molecule has 0 bridgehead atoms. The number of piperidine rings is 1. The molecule has 0 spiro atoms. The van der Waals surface area contributed by atoms with Crippen molar-refractivity contribution in [3.63, 3.8) is 0 Å². The molecule has 0 aromatic rings. The van der Waals surface area contributed by atoms with Crippen LogP contribution >= 0.6 is 0 Å². The van der Waals surface area contributed by atoms with Gasteiger partial charge in [-0.3, -0.25) is 9.59 Å². The van der Waals surface area contributed by atoms with E-state index in [1.165, 1.54) is 6.41 Å². The summed E-state index contributed by atoms with van der Waals surface area (Å²) in [5, 5.41) is 16.2. The minimum absolute atomic E-state index is 0. The van der Waals surface area contributed by atoms with Crippen molar-refractivity contribution in [1.29, 1.82) is 5.26 Å². The van der Waals surface area contributed by atoms with Crippen LogP contribution in [0.4, 0.5) is 0 Å². The Morgan fingerprint density at radius 2 is 2.09 bits per heavy atom. The van der Waals surface area contributed by atoms with Crippen LogP contribution in [0.1, 0.15) is 40.0 Å². The molecule has 0 unspecified atom stereocenters. The van der Waals surface area contributed by atoms with Crippen LogP contribution in [0, 0.1) is 23.2 Å². The number of nitrogens with one attached hydrogen (secondary N) is 3. The average Bonchev–Trinajstić information content (AvgIpc) is 2.46. The SMILES string of the molecule is CC(C)C.N#C[C@H](C[C@@H]1CCCNC1=O)NC(=O)CN[C-]=O.[Fm]. The topological polar surface area (TPSA) is 111 Å². The fourth-order valence-electron chi connectivity index (χ4n) is 1.85. The molecule has 3 N–H and O–H groups in total. The average molecular weight is 566 g/mol. The van der Waals surface area contributed by atoms with Gasteiger partial charge in [-0.25, -0.2) is 0 Å². The van der Waals surface area contributed by atoms with Gasteiger partial charge in [0.15, 0.2) is 0 Å². The molecule has 0 saturated carbocycles. The molecule has 1 heterocycles. The van der Waals surface area contributed by atoms with Crippen molar-refractivity contribution in [2.24, 2.45) is 11.8 Å². The van der Waals surface area contributed by atoms with Gasteiger partial charge in [0.2, 0.25) is 11.8 Å². The molecule has 1 aliphatic heterocycles. The quantitative estimate of drug-likeness (QED) is 0.316. The normalized spacial score (nSPS) is 17.3. The van der Waals surface area contributed by atoms with Crippen LogP contribution in [0.25, 0.3) is 0 Å². The number of hydrogen-bond donors (Lipinski definition) is 3. The second-order valence-electron chi connectivity index (χ2n) is 5.80.